The number of allylic oxidation sites excluding steroid dienone is 1. The Morgan fingerprint density at radius 3 is 2.60 bits per heavy atom. The highest BCUT2D eigenvalue weighted by molar-refractivity contribution is 7.80. The number of thiol groups is 1. The lowest BCUT2D eigenvalue weighted by Crippen LogP contribution is -1.98. The summed E-state index contributed by atoms with van der Waals surface area (Å²) in [6, 6.07) is 2.07. The molecule has 0 unspecified atom stereocenters. The van der Waals surface area contributed by atoms with E-state index in [0.29, 0.717) is 11.3 Å². The second kappa shape index (κ2) is 4.37. The first-order valence-corrected chi connectivity index (χ1v) is 4.89. The number of aryl methyl sites for hydroxylation is 1. The average Bonchev–Trinajstić information content (AvgIpc) is 2.14. The lowest BCUT2D eigenvalue weighted by molar-refractivity contribution is 0.419. The molecular formula is C11H12N2OS. The summed E-state index contributed by atoms with van der Waals surface area (Å²) >= 11 is 4.28. The van der Waals surface area contributed by atoms with E-state index in [0.717, 1.165) is 16.2 Å². The molecule has 0 radical (unpaired) electrons. The van der Waals surface area contributed by atoms with Crippen molar-refractivity contribution in [2.75, 3.05) is 0 Å². The van der Waals surface area contributed by atoms with Crippen LogP contribution in [0.5, 0.6) is 0 Å². The first-order valence-electron chi connectivity index (χ1n) is 4.45. The van der Waals surface area contributed by atoms with Crippen LogP contribution in [0.1, 0.15) is 29.4 Å². The van der Waals surface area contributed by atoms with Crippen molar-refractivity contribution >= 4 is 18.7 Å². The highest BCUT2D eigenvalue weighted by Crippen LogP contribution is 2.23. The first-order chi connectivity index (χ1) is 6.97. The van der Waals surface area contributed by atoms with Crippen molar-refractivity contribution in [1.82, 2.24) is 4.98 Å². The van der Waals surface area contributed by atoms with Gasteiger partial charge in [0.15, 0.2) is 0 Å². The van der Waals surface area contributed by atoms with Crippen LogP contribution in [0.2, 0.25) is 0 Å². The molecule has 0 aliphatic carbocycles. The van der Waals surface area contributed by atoms with Gasteiger partial charge in [0.05, 0.1) is 22.7 Å². The summed E-state index contributed by atoms with van der Waals surface area (Å²) in [7, 11) is 0. The van der Waals surface area contributed by atoms with Crippen molar-refractivity contribution < 1.29 is 5.11 Å². The maximum Gasteiger partial charge on any atom is 0.102 e. The maximum absolute atomic E-state index is 9.17. The molecule has 0 amide bonds. The molecule has 1 rings (SSSR count). The zero-order chi connectivity index (χ0) is 11.6. The van der Waals surface area contributed by atoms with E-state index in [-0.39, 0.29) is 5.76 Å². The van der Waals surface area contributed by atoms with E-state index in [4.69, 9.17) is 10.4 Å². The van der Waals surface area contributed by atoms with E-state index < -0.39 is 0 Å². The SMILES string of the molecule is CC(O)=Cc1nc(C)c(S)c(C)c1C#N. The maximum atomic E-state index is 9.17. The molecule has 0 atom stereocenters. The quantitative estimate of drug-likeness (QED) is 0.565. The number of aliphatic hydroxyl groups is 1. The molecule has 0 bridgehead atoms. The first kappa shape index (κ1) is 11.6. The van der Waals surface area contributed by atoms with Crippen molar-refractivity contribution in [2.24, 2.45) is 0 Å². The molecule has 0 aliphatic rings. The summed E-state index contributed by atoms with van der Waals surface area (Å²) in [4.78, 5) is 4.93. The molecule has 78 valence electrons. The van der Waals surface area contributed by atoms with Gasteiger partial charge in [-0.15, -0.1) is 12.6 Å². The molecule has 0 saturated heterocycles. The summed E-state index contributed by atoms with van der Waals surface area (Å²) in [6.07, 6.45) is 1.48. The van der Waals surface area contributed by atoms with Crippen LogP contribution in [0, 0.1) is 25.2 Å². The summed E-state index contributed by atoms with van der Waals surface area (Å²) in [5.74, 6) is 0.129. The molecule has 3 nitrogen and oxygen atoms in total. The van der Waals surface area contributed by atoms with Crippen LogP contribution in [-0.2, 0) is 0 Å². The fraction of sp³-hybridized carbons (Fsp3) is 0.273. The molecule has 1 heterocycles. The zero-order valence-electron chi connectivity index (χ0n) is 8.87. The normalized spacial score (nSPS) is 11.3. The third-order valence-corrected chi connectivity index (χ3v) is 2.73. The van der Waals surface area contributed by atoms with E-state index in [9.17, 15) is 0 Å². The molecule has 0 spiro atoms. The predicted octanol–water partition coefficient (Wildman–Crippen LogP) is 2.78. The standard InChI is InChI=1S/C11H12N2OS/c1-6(14)4-10-9(5-12)7(2)11(15)8(3)13-10/h4,14-15H,1-3H3. The Kier molecular flexibility index (Phi) is 3.38. The number of rotatable bonds is 1. The Morgan fingerprint density at radius 2 is 2.13 bits per heavy atom. The Balaban J connectivity index is 3.54. The van der Waals surface area contributed by atoms with E-state index in [2.05, 4.69) is 23.7 Å². The number of nitriles is 1. The second-order valence-corrected chi connectivity index (χ2v) is 3.78. The third-order valence-electron chi connectivity index (χ3n) is 2.07. The van der Waals surface area contributed by atoms with Crippen LogP contribution in [0.4, 0.5) is 0 Å². The van der Waals surface area contributed by atoms with E-state index in [1.165, 1.54) is 6.08 Å². The fourth-order valence-electron chi connectivity index (χ4n) is 1.31. The molecule has 0 aromatic carbocycles. The van der Waals surface area contributed by atoms with Gasteiger partial charge in [-0.1, -0.05) is 0 Å². The largest absolute Gasteiger partial charge is 0.513 e. The average molecular weight is 220 g/mol. The molecule has 0 aliphatic heterocycles. The number of nitrogens with zero attached hydrogens (tertiary/aromatic N) is 2. The smallest absolute Gasteiger partial charge is 0.102 e. The van der Waals surface area contributed by atoms with Gasteiger partial charge < -0.3 is 5.11 Å². The summed E-state index contributed by atoms with van der Waals surface area (Å²) in [5, 5.41) is 18.2. The Morgan fingerprint density at radius 1 is 1.53 bits per heavy atom. The number of hydrogen-bond donors (Lipinski definition) is 2. The van der Waals surface area contributed by atoms with Gasteiger partial charge in [0.2, 0.25) is 0 Å². The topological polar surface area (TPSA) is 56.9 Å². The van der Waals surface area contributed by atoms with Crippen LogP contribution in [-0.4, -0.2) is 10.1 Å². The number of hydrogen-bond acceptors (Lipinski definition) is 4. The Labute approximate surface area is 94.5 Å². The third kappa shape index (κ3) is 2.31. The van der Waals surface area contributed by atoms with E-state index in [1.807, 2.05) is 13.8 Å². The van der Waals surface area contributed by atoms with Gasteiger partial charge in [0.25, 0.3) is 0 Å². The van der Waals surface area contributed by atoms with E-state index in [1.54, 1.807) is 6.92 Å². The van der Waals surface area contributed by atoms with Gasteiger partial charge in [0.1, 0.15) is 6.07 Å². The highest BCUT2D eigenvalue weighted by Gasteiger charge is 2.11. The summed E-state index contributed by atoms with van der Waals surface area (Å²) in [6.45, 7) is 5.18. The molecule has 4 heteroatoms. The van der Waals surface area contributed by atoms with E-state index >= 15 is 0 Å². The van der Waals surface area contributed by atoms with Gasteiger partial charge in [-0.05, 0) is 26.3 Å². The van der Waals surface area contributed by atoms with Crippen molar-refractivity contribution in [3.05, 3.63) is 28.3 Å². The highest BCUT2D eigenvalue weighted by atomic mass is 32.1. The van der Waals surface area contributed by atoms with Crippen molar-refractivity contribution in [3.8, 4) is 6.07 Å². The van der Waals surface area contributed by atoms with Gasteiger partial charge in [-0.2, -0.15) is 5.26 Å². The molecule has 15 heavy (non-hydrogen) atoms. The molecular weight excluding hydrogens is 208 g/mol. The van der Waals surface area contributed by atoms with Crippen LogP contribution in [0.3, 0.4) is 0 Å². The van der Waals surface area contributed by atoms with Gasteiger partial charge >= 0.3 is 0 Å². The van der Waals surface area contributed by atoms with Crippen molar-refractivity contribution in [1.29, 1.82) is 5.26 Å². The monoisotopic (exact) mass is 220 g/mol. The van der Waals surface area contributed by atoms with Gasteiger partial charge in [-0.3, -0.25) is 4.98 Å². The molecule has 1 N–H and O–H groups in total. The molecule has 1 aromatic rings. The minimum Gasteiger partial charge on any atom is -0.513 e. The summed E-state index contributed by atoms with van der Waals surface area (Å²) in [5.41, 5.74) is 2.49. The minimum atomic E-state index is 0.129. The van der Waals surface area contributed by atoms with Crippen LogP contribution >= 0.6 is 12.6 Å². The fourth-order valence-corrected chi connectivity index (χ4v) is 1.48. The summed E-state index contributed by atoms with van der Waals surface area (Å²) < 4.78 is 0. The predicted molar refractivity (Wildman–Crippen MR) is 62.0 cm³/mol. The molecule has 1 aromatic heterocycles. The van der Waals surface area contributed by atoms with Crippen molar-refractivity contribution in [3.63, 3.8) is 0 Å². The molecule has 0 saturated carbocycles. The zero-order valence-corrected chi connectivity index (χ0v) is 9.76. The molecule has 0 fully saturated rings. The van der Waals surface area contributed by atoms with Crippen LogP contribution in [0.25, 0.3) is 6.08 Å². The van der Waals surface area contributed by atoms with Crippen LogP contribution in [0.15, 0.2) is 10.7 Å². The van der Waals surface area contributed by atoms with Crippen molar-refractivity contribution in [2.45, 2.75) is 25.7 Å². The second-order valence-electron chi connectivity index (χ2n) is 3.33. The lowest BCUT2D eigenvalue weighted by atomic mass is 10.1. The van der Waals surface area contributed by atoms with Gasteiger partial charge in [-0.25, -0.2) is 0 Å². The Bertz CT molecular complexity index is 468. The van der Waals surface area contributed by atoms with Gasteiger partial charge in [0, 0.05) is 11.0 Å². The number of aliphatic hydroxyl groups excluding tert-OH is 1. The number of pyridine rings is 1. The lowest BCUT2D eigenvalue weighted by Gasteiger charge is -2.08. The van der Waals surface area contributed by atoms with Crippen LogP contribution < -0.4 is 0 Å². The minimum absolute atomic E-state index is 0.129. The number of aromatic nitrogens is 1. The Hall–Kier alpha value is -1.47.